The third-order valence-electron chi connectivity index (χ3n) is 1.75. The van der Waals surface area contributed by atoms with Gasteiger partial charge in [0.1, 0.15) is 0 Å². The number of nitrogens with two attached hydrogens (primary N) is 1. The lowest BCUT2D eigenvalue weighted by molar-refractivity contribution is -0.149. The second-order valence-corrected chi connectivity index (χ2v) is 3.10. The number of anilines is 1. The number of halogens is 6. The topological polar surface area (TPSA) is 60.2 Å². The van der Waals surface area contributed by atoms with Gasteiger partial charge in [0.15, 0.2) is 24.1 Å². The first-order chi connectivity index (χ1) is 8.27. The van der Waals surface area contributed by atoms with Crippen molar-refractivity contribution in [1.29, 1.82) is 0 Å². The van der Waals surface area contributed by atoms with Crippen LogP contribution in [0.1, 0.15) is 0 Å². The smallest absolute Gasteiger partial charge is 0.340 e. The number of nitrogens with one attached hydrogen (secondary N) is 1. The first-order valence-corrected chi connectivity index (χ1v) is 4.39. The fourth-order valence-corrected chi connectivity index (χ4v) is 0.880. The van der Waals surface area contributed by atoms with Crippen LogP contribution >= 0.6 is 0 Å². The van der Waals surface area contributed by atoms with Gasteiger partial charge in [-0.3, -0.25) is 0 Å². The van der Waals surface area contributed by atoms with Crippen molar-refractivity contribution in [2.45, 2.75) is 12.3 Å². The Morgan fingerprint density at radius 3 is 2.44 bits per heavy atom. The molecule has 1 aromatic heterocycles. The Morgan fingerprint density at radius 2 is 1.94 bits per heavy atom. The van der Waals surface area contributed by atoms with E-state index in [-0.39, 0.29) is 6.07 Å². The average Bonchev–Trinajstić information content (AvgIpc) is 2.27. The molecule has 0 aliphatic rings. The molecule has 4 nitrogen and oxygen atoms in total. The molecule has 0 unspecified atom stereocenters. The second kappa shape index (κ2) is 5.29. The van der Waals surface area contributed by atoms with Gasteiger partial charge in [0, 0.05) is 6.07 Å². The number of rotatable bonds is 5. The first kappa shape index (κ1) is 14.4. The lowest BCUT2D eigenvalue weighted by Crippen LogP contribution is -2.34. The highest BCUT2D eigenvalue weighted by Gasteiger charge is 2.42. The maximum Gasteiger partial charge on any atom is 0.340 e. The summed E-state index contributed by atoms with van der Waals surface area (Å²) in [5, 5.41) is 0. The van der Waals surface area contributed by atoms with E-state index in [1.165, 1.54) is 0 Å². The molecule has 0 amide bonds. The molecular formula is C8H7F6N3O. The van der Waals surface area contributed by atoms with Crippen molar-refractivity contribution in [3.05, 3.63) is 17.7 Å². The number of aromatic nitrogens is 1. The van der Waals surface area contributed by atoms with Gasteiger partial charge in [-0.05, 0) is 0 Å². The molecule has 10 heteroatoms. The zero-order valence-corrected chi connectivity index (χ0v) is 8.56. The van der Waals surface area contributed by atoms with Crippen LogP contribution in [0, 0.1) is 11.6 Å². The van der Waals surface area contributed by atoms with Crippen molar-refractivity contribution in [3.63, 3.8) is 0 Å². The molecule has 18 heavy (non-hydrogen) atoms. The van der Waals surface area contributed by atoms with Crippen molar-refractivity contribution in [3.8, 4) is 5.88 Å². The number of alkyl halides is 4. The fourth-order valence-electron chi connectivity index (χ4n) is 0.880. The Morgan fingerprint density at radius 1 is 1.33 bits per heavy atom. The van der Waals surface area contributed by atoms with Crippen LogP contribution in [0.4, 0.5) is 32.2 Å². The predicted molar refractivity (Wildman–Crippen MR) is 48.4 cm³/mol. The number of nitrogen functional groups attached to an aromatic ring is 1. The van der Waals surface area contributed by atoms with Gasteiger partial charge < -0.3 is 10.2 Å². The summed E-state index contributed by atoms with van der Waals surface area (Å²) < 4.78 is 78.5. The van der Waals surface area contributed by atoms with E-state index >= 15 is 0 Å². The first-order valence-electron chi connectivity index (χ1n) is 4.39. The van der Waals surface area contributed by atoms with Crippen molar-refractivity contribution < 1.29 is 31.1 Å². The standard InChI is InChI=1S/C8H7F6N3O/c9-3-1-4(10)6(16-5(3)17-15)18-2-8(13,14)7(11)12/h1,7H,2,15H2,(H,16,17). The SMILES string of the molecule is NNc1nc(OCC(F)(F)C(F)F)c(F)cc1F. The zero-order valence-electron chi connectivity index (χ0n) is 8.56. The third-order valence-corrected chi connectivity index (χ3v) is 1.75. The maximum atomic E-state index is 13.0. The second-order valence-electron chi connectivity index (χ2n) is 3.10. The molecule has 1 heterocycles. The predicted octanol–water partition coefficient (Wildman–Crippen LogP) is 1.92. The Bertz CT molecular complexity index is 428. The molecule has 1 aromatic rings. The van der Waals surface area contributed by atoms with E-state index in [1.807, 2.05) is 0 Å². The van der Waals surface area contributed by atoms with Gasteiger partial charge in [0.2, 0.25) is 0 Å². The summed E-state index contributed by atoms with van der Waals surface area (Å²) >= 11 is 0. The molecule has 0 aliphatic heterocycles. The van der Waals surface area contributed by atoms with Crippen LogP contribution in [0.2, 0.25) is 0 Å². The fraction of sp³-hybridized carbons (Fsp3) is 0.375. The van der Waals surface area contributed by atoms with Crippen LogP contribution in [0.25, 0.3) is 0 Å². The molecule has 0 atom stereocenters. The van der Waals surface area contributed by atoms with E-state index in [1.54, 1.807) is 5.43 Å². The Hall–Kier alpha value is -1.71. The summed E-state index contributed by atoms with van der Waals surface area (Å²) in [4.78, 5) is 3.07. The van der Waals surface area contributed by atoms with E-state index in [0.29, 0.717) is 0 Å². The van der Waals surface area contributed by atoms with E-state index in [0.717, 1.165) is 0 Å². The molecule has 0 aromatic carbocycles. The molecule has 102 valence electrons. The maximum absolute atomic E-state index is 13.0. The summed E-state index contributed by atoms with van der Waals surface area (Å²) in [6, 6.07) is 0.262. The van der Waals surface area contributed by atoms with E-state index in [4.69, 9.17) is 5.84 Å². The van der Waals surface area contributed by atoms with Gasteiger partial charge in [-0.15, -0.1) is 0 Å². The van der Waals surface area contributed by atoms with Crippen LogP contribution < -0.4 is 16.0 Å². The summed E-state index contributed by atoms with van der Waals surface area (Å²) in [7, 11) is 0. The normalized spacial score (nSPS) is 11.8. The lowest BCUT2D eigenvalue weighted by atomic mass is 10.4. The largest absolute Gasteiger partial charge is 0.469 e. The van der Waals surface area contributed by atoms with Gasteiger partial charge in [0.25, 0.3) is 5.88 Å². The molecule has 0 saturated heterocycles. The number of nitrogens with zero attached hydrogens (tertiary/aromatic N) is 1. The molecule has 0 spiro atoms. The van der Waals surface area contributed by atoms with Crippen molar-refractivity contribution in [2.75, 3.05) is 12.0 Å². The molecule has 1 rings (SSSR count). The summed E-state index contributed by atoms with van der Waals surface area (Å²) in [5.41, 5.74) is 1.71. The Balaban J connectivity index is 2.85. The molecule has 0 radical (unpaired) electrons. The highest BCUT2D eigenvalue weighted by molar-refractivity contribution is 5.38. The highest BCUT2D eigenvalue weighted by Crippen LogP contribution is 2.26. The minimum Gasteiger partial charge on any atom is -0.469 e. The number of hydrogen-bond acceptors (Lipinski definition) is 4. The van der Waals surface area contributed by atoms with Crippen LogP contribution in [0.15, 0.2) is 6.07 Å². The van der Waals surface area contributed by atoms with Crippen LogP contribution in [0.5, 0.6) is 5.88 Å². The minimum absolute atomic E-state index is 0.262. The van der Waals surface area contributed by atoms with Crippen molar-refractivity contribution in [1.82, 2.24) is 4.98 Å². The quantitative estimate of drug-likeness (QED) is 0.489. The van der Waals surface area contributed by atoms with Crippen molar-refractivity contribution in [2.24, 2.45) is 5.84 Å². The van der Waals surface area contributed by atoms with Gasteiger partial charge in [-0.25, -0.2) is 23.4 Å². The number of hydrazine groups is 1. The summed E-state index contributed by atoms with van der Waals surface area (Å²) in [6.45, 7) is -1.80. The summed E-state index contributed by atoms with van der Waals surface area (Å²) in [5.74, 6) is -4.02. The van der Waals surface area contributed by atoms with Crippen molar-refractivity contribution >= 4 is 5.82 Å². The summed E-state index contributed by atoms with van der Waals surface area (Å²) in [6.07, 6.45) is -3.98. The van der Waals surface area contributed by atoms with E-state index < -0.39 is 42.3 Å². The molecule has 0 fully saturated rings. The number of ether oxygens (including phenoxy) is 1. The number of hydrogen-bond donors (Lipinski definition) is 2. The molecule has 0 bridgehead atoms. The van der Waals surface area contributed by atoms with E-state index in [2.05, 4.69) is 9.72 Å². The van der Waals surface area contributed by atoms with Gasteiger partial charge in [-0.1, -0.05) is 0 Å². The average molecular weight is 275 g/mol. The van der Waals surface area contributed by atoms with Gasteiger partial charge in [0.05, 0.1) is 0 Å². The third kappa shape index (κ3) is 3.15. The van der Waals surface area contributed by atoms with Crippen LogP contribution in [-0.4, -0.2) is 23.9 Å². The van der Waals surface area contributed by atoms with Gasteiger partial charge in [-0.2, -0.15) is 13.8 Å². The minimum atomic E-state index is -4.47. The van der Waals surface area contributed by atoms with E-state index in [9.17, 15) is 26.3 Å². The lowest BCUT2D eigenvalue weighted by Gasteiger charge is -2.16. The number of pyridine rings is 1. The Labute approximate surface area is 96.7 Å². The van der Waals surface area contributed by atoms with Gasteiger partial charge >= 0.3 is 12.3 Å². The molecule has 0 aliphatic carbocycles. The highest BCUT2D eigenvalue weighted by atomic mass is 19.3. The monoisotopic (exact) mass is 275 g/mol. The van der Waals surface area contributed by atoms with Crippen LogP contribution in [-0.2, 0) is 0 Å². The zero-order chi connectivity index (χ0) is 13.9. The molecular weight excluding hydrogens is 268 g/mol. The van der Waals surface area contributed by atoms with Crippen LogP contribution in [0.3, 0.4) is 0 Å². The Kier molecular flexibility index (Phi) is 4.22. The molecule has 3 N–H and O–H groups in total. The molecule has 0 saturated carbocycles.